The maximum atomic E-state index is 5.08. The Morgan fingerprint density at radius 1 is 1.58 bits per heavy atom. The molecule has 0 atom stereocenters. The van der Waals surface area contributed by atoms with Crippen LogP contribution in [-0.2, 0) is 0 Å². The van der Waals surface area contributed by atoms with Gasteiger partial charge < -0.3 is 4.74 Å². The third-order valence-corrected chi connectivity index (χ3v) is 2.26. The van der Waals surface area contributed by atoms with Crippen molar-refractivity contribution >= 4 is 11.3 Å². The van der Waals surface area contributed by atoms with Gasteiger partial charge in [0.2, 0.25) is 0 Å². The van der Waals surface area contributed by atoms with E-state index in [2.05, 4.69) is 15.2 Å². The van der Waals surface area contributed by atoms with E-state index in [1.54, 1.807) is 30.8 Å². The average molecular weight is 181 g/mol. The summed E-state index contributed by atoms with van der Waals surface area (Å²) >= 11 is 1.55. The highest BCUT2D eigenvalue weighted by Gasteiger charge is 2.08. The Balaban J connectivity index is 2.46. The van der Waals surface area contributed by atoms with Gasteiger partial charge in [-0.05, 0) is 0 Å². The molecule has 0 saturated carbocycles. The molecule has 2 aromatic heterocycles. The number of aromatic nitrogens is 3. The zero-order valence-electron chi connectivity index (χ0n) is 6.44. The maximum Gasteiger partial charge on any atom is 0.166 e. The summed E-state index contributed by atoms with van der Waals surface area (Å²) in [6, 6.07) is 0. The molecule has 0 unspecified atom stereocenters. The number of rotatable bonds is 2. The second-order valence-electron chi connectivity index (χ2n) is 2.15. The van der Waals surface area contributed by atoms with Crippen molar-refractivity contribution in [1.29, 1.82) is 0 Å². The number of nitrogens with zero attached hydrogens (tertiary/aromatic N) is 2. The standard InChI is InChI=1S/C7H7N3OS/c1-11-5-4-9-10-6(5)7-8-2-3-12-7/h2-4H,1H3,(H,9,10). The van der Waals surface area contributed by atoms with Gasteiger partial charge in [0, 0.05) is 11.6 Å². The minimum atomic E-state index is 0.727. The summed E-state index contributed by atoms with van der Waals surface area (Å²) in [5.74, 6) is 0.727. The van der Waals surface area contributed by atoms with Gasteiger partial charge in [-0.15, -0.1) is 11.3 Å². The van der Waals surface area contributed by atoms with E-state index in [1.165, 1.54) is 0 Å². The molecule has 62 valence electrons. The fourth-order valence-electron chi connectivity index (χ4n) is 0.930. The number of aromatic amines is 1. The normalized spacial score (nSPS) is 10.1. The predicted octanol–water partition coefficient (Wildman–Crippen LogP) is 1.54. The lowest BCUT2D eigenvalue weighted by atomic mass is 10.4. The van der Waals surface area contributed by atoms with Crippen LogP contribution in [0.1, 0.15) is 0 Å². The molecule has 1 N–H and O–H groups in total. The van der Waals surface area contributed by atoms with Gasteiger partial charge in [-0.25, -0.2) is 4.98 Å². The zero-order chi connectivity index (χ0) is 8.39. The monoisotopic (exact) mass is 181 g/mol. The summed E-state index contributed by atoms with van der Waals surface area (Å²) in [7, 11) is 1.61. The quantitative estimate of drug-likeness (QED) is 0.764. The van der Waals surface area contributed by atoms with E-state index < -0.39 is 0 Å². The van der Waals surface area contributed by atoms with Crippen LogP contribution < -0.4 is 4.74 Å². The van der Waals surface area contributed by atoms with E-state index >= 15 is 0 Å². The number of hydrogen-bond acceptors (Lipinski definition) is 4. The van der Waals surface area contributed by atoms with E-state index in [9.17, 15) is 0 Å². The van der Waals surface area contributed by atoms with Crippen molar-refractivity contribution in [2.45, 2.75) is 0 Å². The molecule has 0 aliphatic carbocycles. The lowest BCUT2D eigenvalue weighted by molar-refractivity contribution is 0.416. The Morgan fingerprint density at radius 2 is 2.50 bits per heavy atom. The van der Waals surface area contributed by atoms with Crippen molar-refractivity contribution in [3.63, 3.8) is 0 Å². The van der Waals surface area contributed by atoms with E-state index in [1.807, 2.05) is 5.38 Å². The topological polar surface area (TPSA) is 50.8 Å². The molecule has 0 bridgehead atoms. The van der Waals surface area contributed by atoms with Gasteiger partial charge in [0.15, 0.2) is 5.75 Å². The van der Waals surface area contributed by atoms with E-state index in [0.717, 1.165) is 16.5 Å². The molecule has 0 aliphatic heterocycles. The van der Waals surface area contributed by atoms with Crippen LogP contribution >= 0.6 is 11.3 Å². The molecule has 0 aromatic carbocycles. The van der Waals surface area contributed by atoms with Crippen molar-refractivity contribution in [2.24, 2.45) is 0 Å². The second-order valence-corrected chi connectivity index (χ2v) is 3.05. The molecular weight excluding hydrogens is 174 g/mol. The minimum absolute atomic E-state index is 0.727. The zero-order valence-corrected chi connectivity index (χ0v) is 7.26. The van der Waals surface area contributed by atoms with E-state index in [-0.39, 0.29) is 0 Å². The fourth-order valence-corrected chi connectivity index (χ4v) is 1.57. The van der Waals surface area contributed by atoms with Crippen LogP contribution in [0.2, 0.25) is 0 Å². The smallest absolute Gasteiger partial charge is 0.166 e. The lowest BCUT2D eigenvalue weighted by Crippen LogP contribution is -1.83. The number of methoxy groups -OCH3 is 1. The first-order valence-electron chi connectivity index (χ1n) is 3.39. The van der Waals surface area contributed by atoms with Crippen molar-refractivity contribution in [3.05, 3.63) is 17.8 Å². The van der Waals surface area contributed by atoms with Gasteiger partial charge in [-0.1, -0.05) is 0 Å². The van der Waals surface area contributed by atoms with Gasteiger partial charge in [-0.2, -0.15) is 5.10 Å². The van der Waals surface area contributed by atoms with Gasteiger partial charge in [0.1, 0.15) is 10.7 Å². The minimum Gasteiger partial charge on any atom is -0.493 e. The SMILES string of the molecule is COc1cn[nH]c1-c1nccs1. The molecule has 0 amide bonds. The van der Waals surface area contributed by atoms with Gasteiger partial charge in [0.25, 0.3) is 0 Å². The molecule has 0 fully saturated rings. The number of ether oxygens (including phenoxy) is 1. The summed E-state index contributed by atoms with van der Waals surface area (Å²) in [6.45, 7) is 0. The largest absolute Gasteiger partial charge is 0.493 e. The Hall–Kier alpha value is -1.36. The van der Waals surface area contributed by atoms with Crippen molar-refractivity contribution in [3.8, 4) is 16.5 Å². The highest BCUT2D eigenvalue weighted by atomic mass is 32.1. The van der Waals surface area contributed by atoms with Crippen LogP contribution in [0.25, 0.3) is 10.7 Å². The molecule has 0 aliphatic rings. The number of thiazole rings is 1. The van der Waals surface area contributed by atoms with E-state index in [4.69, 9.17) is 4.74 Å². The fraction of sp³-hybridized carbons (Fsp3) is 0.143. The van der Waals surface area contributed by atoms with Crippen LogP contribution in [-0.4, -0.2) is 22.3 Å². The molecule has 0 radical (unpaired) electrons. The third kappa shape index (κ3) is 1.08. The summed E-state index contributed by atoms with van der Waals surface area (Å²) in [5, 5.41) is 9.50. The van der Waals surface area contributed by atoms with Gasteiger partial charge >= 0.3 is 0 Å². The molecule has 2 aromatic rings. The first-order chi connectivity index (χ1) is 5.92. The van der Waals surface area contributed by atoms with Crippen LogP contribution in [0, 0.1) is 0 Å². The Bertz CT molecular complexity index is 354. The maximum absolute atomic E-state index is 5.08. The molecular formula is C7H7N3OS. The molecule has 5 heteroatoms. The first-order valence-corrected chi connectivity index (χ1v) is 4.27. The highest BCUT2D eigenvalue weighted by Crippen LogP contribution is 2.27. The number of hydrogen-bond donors (Lipinski definition) is 1. The Kier molecular flexibility index (Phi) is 1.79. The van der Waals surface area contributed by atoms with Crippen LogP contribution in [0.4, 0.5) is 0 Å². The second kappa shape index (κ2) is 2.94. The van der Waals surface area contributed by atoms with Crippen LogP contribution in [0.15, 0.2) is 17.8 Å². The molecule has 2 rings (SSSR count). The Labute approximate surface area is 73.2 Å². The molecule has 12 heavy (non-hydrogen) atoms. The molecule has 0 spiro atoms. The highest BCUT2D eigenvalue weighted by molar-refractivity contribution is 7.13. The predicted molar refractivity (Wildman–Crippen MR) is 46.2 cm³/mol. The molecule has 2 heterocycles. The molecule has 0 saturated heterocycles. The van der Waals surface area contributed by atoms with E-state index in [0.29, 0.717) is 0 Å². The number of H-pyrrole nitrogens is 1. The lowest BCUT2D eigenvalue weighted by Gasteiger charge is -1.95. The van der Waals surface area contributed by atoms with Crippen molar-refractivity contribution < 1.29 is 4.74 Å². The first kappa shape index (κ1) is 7.30. The summed E-state index contributed by atoms with van der Waals surface area (Å²) in [6.07, 6.45) is 3.39. The van der Waals surface area contributed by atoms with Gasteiger partial charge in [-0.3, -0.25) is 5.10 Å². The van der Waals surface area contributed by atoms with Crippen LogP contribution in [0.3, 0.4) is 0 Å². The average Bonchev–Trinajstić information content (AvgIpc) is 2.74. The number of nitrogens with one attached hydrogen (secondary N) is 1. The summed E-state index contributed by atoms with van der Waals surface area (Å²) < 4.78 is 5.08. The van der Waals surface area contributed by atoms with Crippen molar-refractivity contribution in [2.75, 3.05) is 7.11 Å². The summed E-state index contributed by atoms with van der Waals surface area (Å²) in [5.41, 5.74) is 0.840. The Morgan fingerprint density at radius 3 is 3.17 bits per heavy atom. The summed E-state index contributed by atoms with van der Waals surface area (Å²) in [4.78, 5) is 4.13. The van der Waals surface area contributed by atoms with Gasteiger partial charge in [0.05, 0.1) is 13.3 Å². The third-order valence-electron chi connectivity index (χ3n) is 1.47. The molecule has 4 nitrogen and oxygen atoms in total. The van der Waals surface area contributed by atoms with Crippen molar-refractivity contribution in [1.82, 2.24) is 15.2 Å². The van der Waals surface area contributed by atoms with Crippen LogP contribution in [0.5, 0.6) is 5.75 Å².